The molecule has 3 rings (SSSR count). The van der Waals surface area contributed by atoms with Crippen molar-refractivity contribution in [3.05, 3.63) is 30.3 Å². The molecule has 21 heavy (non-hydrogen) atoms. The normalized spacial score (nSPS) is 22.1. The van der Waals surface area contributed by atoms with Gasteiger partial charge in [0.25, 0.3) is 0 Å². The summed E-state index contributed by atoms with van der Waals surface area (Å²) in [5, 5.41) is 1.09. The molecule has 2 aliphatic rings. The molecular weight excluding hydrogens is 300 g/mol. The molecule has 2 aliphatic heterocycles. The fourth-order valence-corrected chi connectivity index (χ4v) is 4.14. The highest BCUT2D eigenvalue weighted by molar-refractivity contribution is 8.14. The third-order valence-corrected chi connectivity index (χ3v) is 5.45. The number of rotatable bonds is 1. The standard InChI is InChI=1S/C15H20N4S2/c1-18-7-12-21-15(18)17-14(19-8-10-20-11-9-19)16-13-5-3-2-4-6-13/h2-6H,7-12H2,1H3. The van der Waals surface area contributed by atoms with Gasteiger partial charge >= 0.3 is 0 Å². The van der Waals surface area contributed by atoms with Crippen LogP contribution in [0.4, 0.5) is 5.69 Å². The molecule has 0 N–H and O–H groups in total. The van der Waals surface area contributed by atoms with Gasteiger partial charge in [-0.15, -0.1) is 0 Å². The summed E-state index contributed by atoms with van der Waals surface area (Å²) < 4.78 is 0. The van der Waals surface area contributed by atoms with E-state index in [0.717, 1.165) is 53.7 Å². The number of guanidine groups is 1. The van der Waals surface area contributed by atoms with Crippen LogP contribution in [0.25, 0.3) is 0 Å². The summed E-state index contributed by atoms with van der Waals surface area (Å²) in [5.41, 5.74) is 0.973. The lowest BCUT2D eigenvalue weighted by molar-refractivity contribution is 0.457. The van der Waals surface area contributed by atoms with Crippen LogP contribution in [-0.4, -0.2) is 64.9 Å². The number of thioether (sulfide) groups is 2. The summed E-state index contributed by atoms with van der Waals surface area (Å²) in [4.78, 5) is 14.2. The zero-order valence-electron chi connectivity index (χ0n) is 12.2. The molecule has 0 bridgehead atoms. The summed E-state index contributed by atoms with van der Waals surface area (Å²) in [6.07, 6.45) is 0. The van der Waals surface area contributed by atoms with E-state index in [0.29, 0.717) is 0 Å². The second kappa shape index (κ2) is 7.22. The van der Waals surface area contributed by atoms with E-state index in [9.17, 15) is 0 Å². The fourth-order valence-electron chi connectivity index (χ4n) is 2.23. The minimum atomic E-state index is 0.859. The maximum Gasteiger partial charge on any atom is 0.228 e. The van der Waals surface area contributed by atoms with Crippen LogP contribution in [0.3, 0.4) is 0 Å². The molecule has 2 saturated heterocycles. The first-order valence-electron chi connectivity index (χ1n) is 7.22. The van der Waals surface area contributed by atoms with E-state index in [1.54, 1.807) is 0 Å². The molecule has 0 atom stereocenters. The van der Waals surface area contributed by atoms with E-state index in [-0.39, 0.29) is 0 Å². The Morgan fingerprint density at radius 3 is 2.48 bits per heavy atom. The number of nitrogens with zero attached hydrogens (tertiary/aromatic N) is 4. The highest BCUT2D eigenvalue weighted by atomic mass is 32.2. The van der Waals surface area contributed by atoms with Crippen molar-refractivity contribution >= 4 is 40.3 Å². The largest absolute Gasteiger partial charge is 0.353 e. The van der Waals surface area contributed by atoms with E-state index < -0.39 is 0 Å². The molecular formula is C15H20N4S2. The predicted octanol–water partition coefficient (Wildman–Crippen LogP) is 2.76. The maximum absolute atomic E-state index is 4.85. The highest BCUT2D eigenvalue weighted by Gasteiger charge is 2.20. The van der Waals surface area contributed by atoms with E-state index in [1.807, 2.05) is 53.9 Å². The van der Waals surface area contributed by atoms with E-state index in [4.69, 9.17) is 9.98 Å². The van der Waals surface area contributed by atoms with E-state index >= 15 is 0 Å². The Labute approximate surface area is 134 Å². The lowest BCUT2D eigenvalue weighted by Gasteiger charge is -2.27. The van der Waals surface area contributed by atoms with Crippen LogP contribution in [-0.2, 0) is 0 Å². The molecule has 1 aromatic rings. The second-order valence-corrected chi connectivity index (χ2v) is 7.30. The molecule has 6 heteroatoms. The van der Waals surface area contributed by atoms with Gasteiger partial charge in [-0.1, -0.05) is 30.0 Å². The quantitative estimate of drug-likeness (QED) is 0.588. The van der Waals surface area contributed by atoms with Crippen LogP contribution in [0, 0.1) is 0 Å². The summed E-state index contributed by atoms with van der Waals surface area (Å²) in [6, 6.07) is 10.1. The van der Waals surface area contributed by atoms with Crippen molar-refractivity contribution in [2.45, 2.75) is 0 Å². The number of hydrogen-bond donors (Lipinski definition) is 0. The fraction of sp³-hybridized carbons (Fsp3) is 0.467. The molecule has 0 amide bonds. The SMILES string of the molecule is CN1CCSC1=NC(=Nc1ccccc1)N1CCSCC1. The molecule has 0 spiro atoms. The minimum Gasteiger partial charge on any atom is -0.353 e. The van der Waals surface area contributed by atoms with Gasteiger partial charge in [0.1, 0.15) is 0 Å². The summed E-state index contributed by atoms with van der Waals surface area (Å²) in [7, 11) is 2.10. The van der Waals surface area contributed by atoms with Gasteiger partial charge in [0.2, 0.25) is 5.96 Å². The second-order valence-electron chi connectivity index (χ2n) is 5.01. The summed E-state index contributed by atoms with van der Waals surface area (Å²) in [6.45, 7) is 3.13. The van der Waals surface area contributed by atoms with Crippen molar-refractivity contribution < 1.29 is 0 Å². The Morgan fingerprint density at radius 1 is 1.05 bits per heavy atom. The zero-order valence-corrected chi connectivity index (χ0v) is 13.9. The van der Waals surface area contributed by atoms with Crippen molar-refractivity contribution in [1.82, 2.24) is 9.80 Å². The first kappa shape index (κ1) is 14.8. The first-order chi connectivity index (χ1) is 10.3. The molecule has 4 nitrogen and oxygen atoms in total. The molecule has 2 heterocycles. The van der Waals surface area contributed by atoms with Gasteiger partial charge in [0, 0.05) is 43.9 Å². The van der Waals surface area contributed by atoms with Crippen molar-refractivity contribution in [1.29, 1.82) is 0 Å². The summed E-state index contributed by atoms with van der Waals surface area (Å²) in [5.74, 6) is 4.28. The van der Waals surface area contributed by atoms with Crippen molar-refractivity contribution in [3.63, 3.8) is 0 Å². The number of para-hydroxylation sites is 1. The molecule has 2 fully saturated rings. The van der Waals surface area contributed by atoms with Crippen LogP contribution in [0.1, 0.15) is 0 Å². The Hall–Kier alpha value is -1.14. The average Bonchev–Trinajstić information content (AvgIpc) is 2.94. The van der Waals surface area contributed by atoms with Crippen LogP contribution in [0.2, 0.25) is 0 Å². The molecule has 0 aliphatic carbocycles. The Bertz CT molecular complexity index is 524. The Kier molecular flexibility index (Phi) is 5.08. The van der Waals surface area contributed by atoms with Gasteiger partial charge < -0.3 is 9.80 Å². The lowest BCUT2D eigenvalue weighted by Crippen LogP contribution is -2.38. The number of hydrogen-bond acceptors (Lipinski definition) is 3. The maximum atomic E-state index is 4.85. The van der Waals surface area contributed by atoms with Crippen LogP contribution < -0.4 is 0 Å². The highest BCUT2D eigenvalue weighted by Crippen LogP contribution is 2.20. The number of benzene rings is 1. The zero-order chi connectivity index (χ0) is 14.5. The third kappa shape index (κ3) is 3.95. The third-order valence-electron chi connectivity index (χ3n) is 3.46. The minimum absolute atomic E-state index is 0.859. The number of amidine groups is 1. The molecule has 112 valence electrons. The van der Waals surface area contributed by atoms with E-state index in [1.165, 1.54) is 0 Å². The van der Waals surface area contributed by atoms with Crippen molar-refractivity contribution in [2.24, 2.45) is 9.98 Å². The van der Waals surface area contributed by atoms with Gasteiger partial charge in [0.15, 0.2) is 5.17 Å². The lowest BCUT2D eigenvalue weighted by atomic mass is 10.3. The molecule has 0 unspecified atom stereocenters. The topological polar surface area (TPSA) is 31.2 Å². The predicted molar refractivity (Wildman–Crippen MR) is 95.0 cm³/mol. The van der Waals surface area contributed by atoms with Crippen molar-refractivity contribution in [2.75, 3.05) is 43.9 Å². The van der Waals surface area contributed by atoms with Gasteiger partial charge in [-0.3, -0.25) is 0 Å². The average molecular weight is 320 g/mol. The van der Waals surface area contributed by atoms with Crippen LogP contribution >= 0.6 is 23.5 Å². The van der Waals surface area contributed by atoms with Gasteiger partial charge in [-0.2, -0.15) is 16.8 Å². The van der Waals surface area contributed by atoms with Gasteiger partial charge in [-0.25, -0.2) is 4.99 Å². The number of aliphatic imine (C=N–C) groups is 2. The molecule has 1 aromatic carbocycles. The van der Waals surface area contributed by atoms with Crippen LogP contribution in [0.15, 0.2) is 40.3 Å². The van der Waals surface area contributed by atoms with E-state index in [2.05, 4.69) is 16.8 Å². The molecule has 0 radical (unpaired) electrons. The Balaban J connectivity index is 1.88. The van der Waals surface area contributed by atoms with Crippen molar-refractivity contribution in [3.8, 4) is 0 Å². The summed E-state index contributed by atoms with van der Waals surface area (Å²) >= 11 is 3.82. The smallest absolute Gasteiger partial charge is 0.228 e. The first-order valence-corrected chi connectivity index (χ1v) is 9.36. The van der Waals surface area contributed by atoms with Gasteiger partial charge in [-0.05, 0) is 12.1 Å². The molecule has 0 saturated carbocycles. The van der Waals surface area contributed by atoms with Gasteiger partial charge in [0.05, 0.1) is 5.69 Å². The molecule has 0 aromatic heterocycles. The Morgan fingerprint density at radius 2 is 1.81 bits per heavy atom. The van der Waals surface area contributed by atoms with Crippen LogP contribution in [0.5, 0.6) is 0 Å². The monoisotopic (exact) mass is 320 g/mol.